The van der Waals surface area contributed by atoms with Crippen LogP contribution in [0.5, 0.6) is 0 Å². The lowest BCUT2D eigenvalue weighted by molar-refractivity contribution is 0.226. The van der Waals surface area contributed by atoms with E-state index in [0.717, 1.165) is 11.6 Å². The first kappa shape index (κ1) is 11.7. The molecule has 1 rings (SSSR count). The summed E-state index contributed by atoms with van der Waals surface area (Å²) in [6.07, 6.45) is 3.33. The highest BCUT2D eigenvalue weighted by Crippen LogP contribution is 2.11. The zero-order valence-electron chi connectivity index (χ0n) is 9.36. The van der Waals surface area contributed by atoms with E-state index in [-0.39, 0.29) is 18.6 Å². The predicted octanol–water partition coefficient (Wildman–Crippen LogP) is 0.947. The van der Waals surface area contributed by atoms with Gasteiger partial charge in [-0.25, -0.2) is 4.98 Å². The fourth-order valence-electron chi connectivity index (χ4n) is 1.09. The zero-order valence-corrected chi connectivity index (χ0v) is 9.36. The number of aromatic nitrogens is 2. The Balaban J connectivity index is 2.63. The highest BCUT2D eigenvalue weighted by atomic mass is 16.3. The van der Waals surface area contributed by atoms with Gasteiger partial charge < -0.3 is 15.7 Å². The number of nitrogens with zero attached hydrogens (tertiary/aromatic N) is 2. The molecular weight excluding hydrogens is 192 g/mol. The second-order valence-corrected chi connectivity index (χ2v) is 3.63. The summed E-state index contributed by atoms with van der Waals surface area (Å²) in [7, 11) is 1.80. The molecule has 5 nitrogen and oxygen atoms in total. The van der Waals surface area contributed by atoms with Crippen LogP contribution in [0.4, 0.5) is 11.6 Å². The van der Waals surface area contributed by atoms with Crippen LogP contribution in [-0.4, -0.2) is 34.8 Å². The van der Waals surface area contributed by atoms with Crippen molar-refractivity contribution < 1.29 is 5.11 Å². The minimum atomic E-state index is 0.160. The van der Waals surface area contributed by atoms with Crippen LogP contribution in [0.1, 0.15) is 13.8 Å². The van der Waals surface area contributed by atoms with Gasteiger partial charge in [0.15, 0.2) is 0 Å². The Labute approximate surface area is 90.0 Å². The average molecular weight is 210 g/mol. The van der Waals surface area contributed by atoms with Gasteiger partial charge in [-0.1, -0.05) is 6.92 Å². The smallest absolute Gasteiger partial charge is 0.147 e. The van der Waals surface area contributed by atoms with Crippen molar-refractivity contribution in [2.45, 2.75) is 19.9 Å². The Bertz CT molecular complexity index is 305. The van der Waals surface area contributed by atoms with Gasteiger partial charge in [-0.05, 0) is 12.8 Å². The van der Waals surface area contributed by atoms with Crippen LogP contribution < -0.4 is 10.6 Å². The monoisotopic (exact) mass is 210 g/mol. The van der Waals surface area contributed by atoms with E-state index >= 15 is 0 Å². The van der Waals surface area contributed by atoms with Gasteiger partial charge in [0.1, 0.15) is 11.6 Å². The van der Waals surface area contributed by atoms with E-state index in [0.29, 0.717) is 0 Å². The molecule has 0 saturated carbocycles. The molecule has 15 heavy (non-hydrogen) atoms. The Kier molecular flexibility index (Phi) is 4.30. The van der Waals surface area contributed by atoms with Crippen molar-refractivity contribution in [2.24, 2.45) is 5.92 Å². The van der Waals surface area contributed by atoms with Crippen LogP contribution in [0.15, 0.2) is 12.4 Å². The molecular formula is C10H18N4O. The van der Waals surface area contributed by atoms with Gasteiger partial charge in [-0.2, -0.15) is 0 Å². The van der Waals surface area contributed by atoms with E-state index in [2.05, 4.69) is 20.6 Å². The van der Waals surface area contributed by atoms with Crippen LogP contribution in [0.2, 0.25) is 0 Å². The Morgan fingerprint density at radius 2 is 2.00 bits per heavy atom. The molecule has 84 valence electrons. The molecule has 1 heterocycles. The number of aliphatic hydroxyl groups excluding tert-OH is 1. The number of anilines is 2. The van der Waals surface area contributed by atoms with Crippen molar-refractivity contribution in [3.05, 3.63) is 12.4 Å². The third-order valence-corrected chi connectivity index (χ3v) is 2.41. The van der Waals surface area contributed by atoms with E-state index < -0.39 is 0 Å². The minimum absolute atomic E-state index is 0.160. The minimum Gasteiger partial charge on any atom is -0.396 e. The summed E-state index contributed by atoms with van der Waals surface area (Å²) in [4.78, 5) is 8.33. The van der Waals surface area contributed by atoms with Crippen LogP contribution in [0.3, 0.4) is 0 Å². The lowest BCUT2D eigenvalue weighted by Crippen LogP contribution is -2.26. The molecule has 2 unspecified atom stereocenters. The van der Waals surface area contributed by atoms with E-state index in [1.807, 2.05) is 13.8 Å². The van der Waals surface area contributed by atoms with Crippen molar-refractivity contribution in [1.29, 1.82) is 0 Å². The van der Waals surface area contributed by atoms with E-state index in [1.165, 1.54) is 0 Å². The predicted molar refractivity (Wildman–Crippen MR) is 60.9 cm³/mol. The molecule has 0 bridgehead atoms. The lowest BCUT2D eigenvalue weighted by Gasteiger charge is -2.19. The quantitative estimate of drug-likeness (QED) is 0.675. The molecule has 0 aromatic carbocycles. The maximum Gasteiger partial charge on any atom is 0.147 e. The second-order valence-electron chi connectivity index (χ2n) is 3.63. The SMILES string of the molecule is CNc1cncc(NC(C)C(C)CO)n1. The number of nitrogens with one attached hydrogen (secondary N) is 2. The van der Waals surface area contributed by atoms with Gasteiger partial charge in [0.25, 0.3) is 0 Å². The van der Waals surface area contributed by atoms with Gasteiger partial charge in [0, 0.05) is 19.7 Å². The van der Waals surface area contributed by atoms with Crippen LogP contribution in [-0.2, 0) is 0 Å². The first-order valence-corrected chi connectivity index (χ1v) is 5.04. The summed E-state index contributed by atoms with van der Waals surface area (Å²) in [6, 6.07) is 0.163. The second kappa shape index (κ2) is 5.50. The van der Waals surface area contributed by atoms with E-state index in [4.69, 9.17) is 5.11 Å². The Morgan fingerprint density at radius 3 is 2.60 bits per heavy atom. The molecule has 0 spiro atoms. The summed E-state index contributed by atoms with van der Waals surface area (Å²) in [5.41, 5.74) is 0. The topological polar surface area (TPSA) is 70.1 Å². The Hall–Kier alpha value is -1.36. The van der Waals surface area contributed by atoms with Crippen LogP contribution in [0, 0.1) is 5.92 Å². The van der Waals surface area contributed by atoms with Crippen LogP contribution in [0.25, 0.3) is 0 Å². The van der Waals surface area contributed by atoms with Crippen molar-refractivity contribution in [2.75, 3.05) is 24.3 Å². The van der Waals surface area contributed by atoms with Crippen molar-refractivity contribution in [3.63, 3.8) is 0 Å². The molecule has 0 saturated heterocycles. The molecule has 0 aliphatic heterocycles. The standard InChI is InChI=1S/C10H18N4O/c1-7(6-15)8(2)13-10-5-12-4-9(11-3)14-10/h4-5,7-8,15H,6H2,1-3H3,(H2,11,13,14). The molecule has 3 N–H and O–H groups in total. The first-order chi connectivity index (χ1) is 7.17. The third-order valence-electron chi connectivity index (χ3n) is 2.41. The van der Waals surface area contributed by atoms with E-state index in [9.17, 15) is 0 Å². The average Bonchev–Trinajstić information content (AvgIpc) is 2.28. The highest BCUT2D eigenvalue weighted by molar-refractivity contribution is 5.41. The molecule has 2 atom stereocenters. The summed E-state index contributed by atoms with van der Waals surface area (Å²) in [5.74, 6) is 1.63. The van der Waals surface area contributed by atoms with Crippen molar-refractivity contribution in [1.82, 2.24) is 9.97 Å². The summed E-state index contributed by atoms with van der Waals surface area (Å²) in [6.45, 7) is 4.15. The molecule has 5 heteroatoms. The maximum atomic E-state index is 9.00. The molecule has 0 radical (unpaired) electrons. The van der Waals surface area contributed by atoms with Gasteiger partial charge in [0.2, 0.25) is 0 Å². The van der Waals surface area contributed by atoms with Crippen LogP contribution >= 0.6 is 0 Å². The first-order valence-electron chi connectivity index (χ1n) is 5.04. The molecule has 0 fully saturated rings. The number of aliphatic hydroxyl groups is 1. The summed E-state index contributed by atoms with van der Waals surface area (Å²) >= 11 is 0. The highest BCUT2D eigenvalue weighted by Gasteiger charge is 2.11. The summed E-state index contributed by atoms with van der Waals surface area (Å²) < 4.78 is 0. The van der Waals surface area contributed by atoms with Gasteiger partial charge in [-0.15, -0.1) is 0 Å². The molecule has 1 aromatic heterocycles. The summed E-state index contributed by atoms with van der Waals surface area (Å²) in [5, 5.41) is 15.1. The number of hydrogen-bond donors (Lipinski definition) is 3. The number of hydrogen-bond acceptors (Lipinski definition) is 5. The largest absolute Gasteiger partial charge is 0.396 e. The molecule has 1 aromatic rings. The molecule has 0 aliphatic carbocycles. The normalized spacial score (nSPS) is 14.4. The Morgan fingerprint density at radius 1 is 1.33 bits per heavy atom. The lowest BCUT2D eigenvalue weighted by atomic mass is 10.1. The van der Waals surface area contributed by atoms with Crippen molar-refractivity contribution >= 4 is 11.6 Å². The van der Waals surface area contributed by atoms with Crippen molar-refractivity contribution in [3.8, 4) is 0 Å². The van der Waals surface area contributed by atoms with Gasteiger partial charge in [0.05, 0.1) is 12.4 Å². The van der Waals surface area contributed by atoms with Gasteiger partial charge in [-0.3, -0.25) is 4.98 Å². The maximum absolute atomic E-state index is 9.00. The zero-order chi connectivity index (χ0) is 11.3. The number of rotatable bonds is 5. The van der Waals surface area contributed by atoms with E-state index in [1.54, 1.807) is 19.4 Å². The molecule has 0 amide bonds. The fourth-order valence-corrected chi connectivity index (χ4v) is 1.09. The third kappa shape index (κ3) is 3.36. The fraction of sp³-hybridized carbons (Fsp3) is 0.600. The van der Waals surface area contributed by atoms with Gasteiger partial charge >= 0.3 is 0 Å². The molecule has 0 aliphatic rings.